The summed E-state index contributed by atoms with van der Waals surface area (Å²) >= 11 is 0. The lowest BCUT2D eigenvalue weighted by Gasteiger charge is -2.02. The molecule has 0 radical (unpaired) electrons. The topological polar surface area (TPSA) is 47.0 Å². The van der Waals surface area contributed by atoms with E-state index in [-0.39, 0.29) is 0 Å². The molecule has 0 aromatic carbocycles. The first-order valence-corrected chi connectivity index (χ1v) is 4.44. The van der Waals surface area contributed by atoms with E-state index in [4.69, 9.17) is 4.74 Å². The van der Waals surface area contributed by atoms with Crippen molar-refractivity contribution in [3.8, 4) is 5.88 Å². The zero-order valence-electron chi connectivity index (χ0n) is 8.08. The van der Waals surface area contributed by atoms with Gasteiger partial charge in [-0.3, -0.25) is 0 Å². The summed E-state index contributed by atoms with van der Waals surface area (Å²) in [5.41, 5.74) is 0.939. The fourth-order valence-corrected chi connectivity index (χ4v) is 0.944. The van der Waals surface area contributed by atoms with E-state index in [9.17, 15) is 0 Å². The highest BCUT2D eigenvalue weighted by atomic mass is 16.5. The van der Waals surface area contributed by atoms with Crippen LogP contribution in [0, 0.1) is 0 Å². The number of hydrogen-bond acceptors (Lipinski definition) is 4. The molecule has 0 aliphatic heterocycles. The molecule has 0 amide bonds. The van der Waals surface area contributed by atoms with Gasteiger partial charge in [0.05, 0.1) is 12.8 Å². The van der Waals surface area contributed by atoms with Crippen LogP contribution in [0.2, 0.25) is 0 Å². The van der Waals surface area contributed by atoms with Gasteiger partial charge in [0.1, 0.15) is 0 Å². The Morgan fingerprint density at radius 2 is 2.23 bits per heavy atom. The summed E-state index contributed by atoms with van der Waals surface area (Å²) in [6.45, 7) is 3.91. The summed E-state index contributed by atoms with van der Waals surface area (Å²) < 4.78 is 4.90. The third kappa shape index (κ3) is 3.38. The summed E-state index contributed by atoms with van der Waals surface area (Å²) in [7, 11) is 1.58. The van der Waals surface area contributed by atoms with Crippen molar-refractivity contribution < 1.29 is 4.74 Å². The van der Waals surface area contributed by atoms with E-state index in [1.165, 1.54) is 0 Å². The van der Waals surface area contributed by atoms with Gasteiger partial charge in [-0.15, -0.1) is 5.10 Å². The van der Waals surface area contributed by atoms with Crippen LogP contribution in [0.25, 0.3) is 0 Å². The van der Waals surface area contributed by atoms with Gasteiger partial charge in [-0.25, -0.2) is 0 Å². The van der Waals surface area contributed by atoms with E-state index < -0.39 is 0 Å². The Hall–Kier alpha value is -1.16. The molecule has 0 aliphatic carbocycles. The smallest absolute Gasteiger partial charge is 0.233 e. The molecule has 1 heterocycles. The fourth-order valence-electron chi connectivity index (χ4n) is 0.944. The Labute approximate surface area is 78.3 Å². The zero-order chi connectivity index (χ0) is 9.52. The summed E-state index contributed by atoms with van der Waals surface area (Å²) in [5.74, 6) is 0.555. The Morgan fingerprint density at radius 3 is 2.77 bits per heavy atom. The van der Waals surface area contributed by atoms with Crippen LogP contribution in [0.4, 0.5) is 0 Å². The Morgan fingerprint density at radius 1 is 1.38 bits per heavy atom. The fraction of sp³-hybridized carbons (Fsp3) is 0.556. The minimum Gasteiger partial charge on any atom is -0.480 e. The Balaban J connectivity index is 2.40. The van der Waals surface area contributed by atoms with Gasteiger partial charge in [-0.1, -0.05) is 6.92 Å². The first kappa shape index (κ1) is 9.92. The molecule has 0 fully saturated rings. The minimum absolute atomic E-state index is 0.555. The standard InChI is InChI=1S/C9H15N3O/c1-3-6-10-7-8-4-5-9(13-2)12-11-8/h4-5,10H,3,6-7H2,1-2H3. The second kappa shape index (κ2) is 5.48. The van der Waals surface area contributed by atoms with E-state index in [2.05, 4.69) is 22.4 Å². The van der Waals surface area contributed by atoms with Crippen molar-refractivity contribution in [1.82, 2.24) is 15.5 Å². The maximum atomic E-state index is 4.90. The highest BCUT2D eigenvalue weighted by Crippen LogP contribution is 2.02. The third-order valence-corrected chi connectivity index (χ3v) is 1.64. The molecule has 1 rings (SSSR count). The van der Waals surface area contributed by atoms with Crippen LogP contribution in [-0.4, -0.2) is 23.9 Å². The molecule has 1 aromatic rings. The maximum absolute atomic E-state index is 4.90. The molecule has 4 nitrogen and oxygen atoms in total. The molecular formula is C9H15N3O. The van der Waals surface area contributed by atoms with Crippen molar-refractivity contribution in [3.05, 3.63) is 17.8 Å². The first-order chi connectivity index (χ1) is 6.36. The SMILES string of the molecule is CCCNCc1ccc(OC)nn1. The molecule has 1 aromatic heterocycles. The molecule has 4 heteroatoms. The third-order valence-electron chi connectivity index (χ3n) is 1.64. The van der Waals surface area contributed by atoms with E-state index in [1.807, 2.05) is 12.1 Å². The molecule has 0 aliphatic rings. The predicted molar refractivity (Wildman–Crippen MR) is 50.6 cm³/mol. The van der Waals surface area contributed by atoms with Gasteiger partial charge in [0.25, 0.3) is 0 Å². The molecule has 1 N–H and O–H groups in total. The zero-order valence-corrected chi connectivity index (χ0v) is 8.08. The van der Waals surface area contributed by atoms with Gasteiger partial charge < -0.3 is 10.1 Å². The van der Waals surface area contributed by atoms with Crippen molar-refractivity contribution in [2.75, 3.05) is 13.7 Å². The lowest BCUT2D eigenvalue weighted by molar-refractivity contribution is 0.390. The number of rotatable bonds is 5. The van der Waals surface area contributed by atoms with Crippen molar-refractivity contribution in [1.29, 1.82) is 0 Å². The Bertz CT molecular complexity index is 235. The van der Waals surface area contributed by atoms with E-state index in [1.54, 1.807) is 7.11 Å². The molecule has 13 heavy (non-hydrogen) atoms. The van der Waals surface area contributed by atoms with Crippen LogP contribution in [0.15, 0.2) is 12.1 Å². The van der Waals surface area contributed by atoms with Crippen molar-refractivity contribution in [2.24, 2.45) is 0 Å². The quantitative estimate of drug-likeness (QED) is 0.688. The van der Waals surface area contributed by atoms with E-state index in [0.717, 1.165) is 25.2 Å². The molecular weight excluding hydrogens is 166 g/mol. The second-order valence-corrected chi connectivity index (χ2v) is 2.74. The maximum Gasteiger partial charge on any atom is 0.233 e. The molecule has 0 spiro atoms. The van der Waals surface area contributed by atoms with Crippen molar-refractivity contribution in [3.63, 3.8) is 0 Å². The number of ether oxygens (including phenoxy) is 1. The number of aromatic nitrogens is 2. The van der Waals surface area contributed by atoms with Crippen LogP contribution >= 0.6 is 0 Å². The molecule has 0 saturated carbocycles. The molecule has 0 atom stereocenters. The van der Waals surface area contributed by atoms with E-state index >= 15 is 0 Å². The predicted octanol–water partition coefficient (Wildman–Crippen LogP) is 0.985. The van der Waals surface area contributed by atoms with Gasteiger partial charge in [0.2, 0.25) is 5.88 Å². The normalized spacial score (nSPS) is 10.0. The van der Waals surface area contributed by atoms with Gasteiger partial charge in [0, 0.05) is 12.6 Å². The van der Waals surface area contributed by atoms with Crippen LogP contribution in [0.1, 0.15) is 19.0 Å². The number of nitrogens with one attached hydrogen (secondary N) is 1. The average Bonchev–Trinajstić information content (AvgIpc) is 2.19. The lowest BCUT2D eigenvalue weighted by atomic mass is 10.3. The van der Waals surface area contributed by atoms with Crippen LogP contribution in [-0.2, 0) is 6.54 Å². The molecule has 0 bridgehead atoms. The summed E-state index contributed by atoms with van der Waals surface area (Å²) in [4.78, 5) is 0. The molecule has 72 valence electrons. The van der Waals surface area contributed by atoms with Crippen LogP contribution in [0.3, 0.4) is 0 Å². The lowest BCUT2D eigenvalue weighted by Crippen LogP contribution is -2.15. The van der Waals surface area contributed by atoms with Crippen molar-refractivity contribution >= 4 is 0 Å². The van der Waals surface area contributed by atoms with Gasteiger partial charge in [0.15, 0.2) is 0 Å². The van der Waals surface area contributed by atoms with Gasteiger partial charge in [-0.05, 0) is 19.0 Å². The number of methoxy groups -OCH3 is 1. The molecule has 0 saturated heterocycles. The minimum atomic E-state index is 0.555. The Kier molecular flexibility index (Phi) is 4.18. The van der Waals surface area contributed by atoms with Gasteiger partial charge >= 0.3 is 0 Å². The number of nitrogens with zero attached hydrogens (tertiary/aromatic N) is 2. The summed E-state index contributed by atoms with van der Waals surface area (Å²) in [6, 6.07) is 3.73. The monoisotopic (exact) mass is 181 g/mol. The summed E-state index contributed by atoms with van der Waals surface area (Å²) in [6.07, 6.45) is 1.13. The first-order valence-electron chi connectivity index (χ1n) is 4.44. The van der Waals surface area contributed by atoms with Crippen LogP contribution in [0.5, 0.6) is 5.88 Å². The summed E-state index contributed by atoms with van der Waals surface area (Å²) in [5, 5.41) is 11.1. The second-order valence-electron chi connectivity index (χ2n) is 2.74. The van der Waals surface area contributed by atoms with Crippen LogP contribution < -0.4 is 10.1 Å². The van der Waals surface area contributed by atoms with Crippen molar-refractivity contribution in [2.45, 2.75) is 19.9 Å². The molecule has 0 unspecified atom stereocenters. The van der Waals surface area contributed by atoms with Gasteiger partial charge in [-0.2, -0.15) is 5.10 Å². The average molecular weight is 181 g/mol. The highest BCUT2D eigenvalue weighted by molar-refractivity contribution is 5.10. The number of hydrogen-bond donors (Lipinski definition) is 1. The largest absolute Gasteiger partial charge is 0.480 e. The van der Waals surface area contributed by atoms with E-state index in [0.29, 0.717) is 5.88 Å². The highest BCUT2D eigenvalue weighted by Gasteiger charge is 1.95.